The van der Waals surface area contributed by atoms with E-state index in [1.807, 2.05) is 49.1 Å². The SMILES string of the molecule is CCOC1(C)CN(C(=O)C2CCN(C(=O)c3ccccc3)C2)C1. The Morgan fingerprint density at radius 2 is 1.91 bits per heavy atom. The Labute approximate surface area is 137 Å². The molecule has 3 rings (SSSR count). The number of ether oxygens (including phenoxy) is 1. The zero-order valence-electron chi connectivity index (χ0n) is 13.8. The highest BCUT2D eigenvalue weighted by Crippen LogP contribution is 2.29. The van der Waals surface area contributed by atoms with Gasteiger partial charge >= 0.3 is 0 Å². The Morgan fingerprint density at radius 1 is 1.22 bits per heavy atom. The summed E-state index contributed by atoms with van der Waals surface area (Å²) in [7, 11) is 0. The fraction of sp³-hybridized carbons (Fsp3) is 0.556. The van der Waals surface area contributed by atoms with Crippen LogP contribution in [-0.4, -0.2) is 60.0 Å². The van der Waals surface area contributed by atoms with Gasteiger partial charge in [-0.15, -0.1) is 0 Å². The molecule has 1 aromatic rings. The van der Waals surface area contributed by atoms with Crippen LogP contribution in [0.4, 0.5) is 0 Å². The maximum atomic E-state index is 12.6. The second-order valence-corrected chi connectivity index (χ2v) is 6.68. The van der Waals surface area contributed by atoms with E-state index >= 15 is 0 Å². The molecule has 0 aliphatic carbocycles. The average molecular weight is 316 g/mol. The predicted molar refractivity (Wildman–Crippen MR) is 87.1 cm³/mol. The molecule has 2 saturated heterocycles. The largest absolute Gasteiger partial charge is 0.372 e. The van der Waals surface area contributed by atoms with Gasteiger partial charge in [-0.3, -0.25) is 9.59 Å². The van der Waals surface area contributed by atoms with Crippen molar-refractivity contribution in [3.63, 3.8) is 0 Å². The van der Waals surface area contributed by atoms with Crippen LogP contribution in [0, 0.1) is 5.92 Å². The molecule has 0 radical (unpaired) electrons. The van der Waals surface area contributed by atoms with Crippen LogP contribution in [-0.2, 0) is 9.53 Å². The number of hydrogen-bond donors (Lipinski definition) is 0. The Kier molecular flexibility index (Phi) is 4.39. The summed E-state index contributed by atoms with van der Waals surface area (Å²) in [5.74, 6) is 0.100. The van der Waals surface area contributed by atoms with Gasteiger partial charge in [0.2, 0.25) is 5.91 Å². The Bertz CT molecular complexity index is 581. The fourth-order valence-electron chi connectivity index (χ4n) is 3.52. The van der Waals surface area contributed by atoms with E-state index in [1.54, 1.807) is 4.90 Å². The first-order valence-corrected chi connectivity index (χ1v) is 8.29. The maximum Gasteiger partial charge on any atom is 0.253 e. The van der Waals surface area contributed by atoms with E-state index in [-0.39, 0.29) is 23.3 Å². The Hall–Kier alpha value is -1.88. The van der Waals surface area contributed by atoms with Crippen molar-refractivity contribution in [3.05, 3.63) is 35.9 Å². The van der Waals surface area contributed by atoms with E-state index in [4.69, 9.17) is 4.74 Å². The van der Waals surface area contributed by atoms with Crippen molar-refractivity contribution in [2.24, 2.45) is 5.92 Å². The normalized spacial score (nSPS) is 22.8. The Balaban J connectivity index is 1.54. The number of amides is 2. The standard InChI is InChI=1S/C18H24N2O3/c1-3-23-18(2)12-20(13-18)17(22)15-9-10-19(11-15)16(21)14-7-5-4-6-8-14/h4-8,15H,3,9-13H2,1-2H3. The van der Waals surface area contributed by atoms with E-state index in [0.29, 0.717) is 38.3 Å². The summed E-state index contributed by atoms with van der Waals surface area (Å²) >= 11 is 0. The molecule has 0 bridgehead atoms. The lowest BCUT2D eigenvalue weighted by Crippen LogP contribution is -2.64. The summed E-state index contributed by atoms with van der Waals surface area (Å²) in [4.78, 5) is 28.6. The summed E-state index contributed by atoms with van der Waals surface area (Å²) in [6.45, 7) is 7.17. The number of likely N-dealkylation sites (tertiary alicyclic amines) is 2. The predicted octanol–water partition coefficient (Wildman–Crippen LogP) is 1.79. The molecule has 2 aliphatic heterocycles. The zero-order valence-corrected chi connectivity index (χ0v) is 13.8. The quantitative estimate of drug-likeness (QED) is 0.851. The molecule has 2 aliphatic rings. The zero-order chi connectivity index (χ0) is 16.4. The number of nitrogens with zero attached hydrogens (tertiary/aromatic N) is 2. The molecule has 23 heavy (non-hydrogen) atoms. The van der Waals surface area contributed by atoms with Gasteiger partial charge in [0.1, 0.15) is 5.60 Å². The van der Waals surface area contributed by atoms with E-state index < -0.39 is 0 Å². The van der Waals surface area contributed by atoms with Gasteiger partial charge < -0.3 is 14.5 Å². The smallest absolute Gasteiger partial charge is 0.253 e. The van der Waals surface area contributed by atoms with Crippen LogP contribution in [0.2, 0.25) is 0 Å². The lowest BCUT2D eigenvalue weighted by molar-refractivity contribution is -0.166. The van der Waals surface area contributed by atoms with Crippen LogP contribution in [0.25, 0.3) is 0 Å². The van der Waals surface area contributed by atoms with Crippen LogP contribution in [0.5, 0.6) is 0 Å². The van der Waals surface area contributed by atoms with Crippen LogP contribution in [0.1, 0.15) is 30.6 Å². The van der Waals surface area contributed by atoms with Crippen LogP contribution in [0.15, 0.2) is 30.3 Å². The van der Waals surface area contributed by atoms with Crippen molar-refractivity contribution >= 4 is 11.8 Å². The van der Waals surface area contributed by atoms with Gasteiger partial charge in [0.15, 0.2) is 0 Å². The number of benzene rings is 1. The molecule has 5 nitrogen and oxygen atoms in total. The number of hydrogen-bond acceptors (Lipinski definition) is 3. The molecule has 2 amide bonds. The van der Waals surface area contributed by atoms with Gasteiger partial charge in [-0.25, -0.2) is 0 Å². The molecule has 2 heterocycles. The van der Waals surface area contributed by atoms with Crippen molar-refractivity contribution < 1.29 is 14.3 Å². The Morgan fingerprint density at radius 3 is 2.57 bits per heavy atom. The lowest BCUT2D eigenvalue weighted by atomic mass is 9.93. The summed E-state index contributed by atoms with van der Waals surface area (Å²) in [6, 6.07) is 9.26. The van der Waals surface area contributed by atoms with Crippen molar-refractivity contribution in [2.75, 3.05) is 32.8 Å². The molecule has 0 aromatic heterocycles. The van der Waals surface area contributed by atoms with E-state index in [0.717, 1.165) is 6.42 Å². The monoisotopic (exact) mass is 316 g/mol. The first-order chi connectivity index (χ1) is 11.0. The minimum atomic E-state index is -0.192. The van der Waals surface area contributed by atoms with E-state index in [1.165, 1.54) is 0 Å². The van der Waals surface area contributed by atoms with Gasteiger partial charge in [0.25, 0.3) is 5.91 Å². The van der Waals surface area contributed by atoms with Crippen LogP contribution >= 0.6 is 0 Å². The maximum absolute atomic E-state index is 12.6. The molecule has 0 spiro atoms. The summed E-state index contributed by atoms with van der Waals surface area (Å²) in [5.41, 5.74) is 0.496. The molecular formula is C18H24N2O3. The summed E-state index contributed by atoms with van der Waals surface area (Å²) in [6.07, 6.45) is 0.749. The highest BCUT2D eigenvalue weighted by Gasteiger charge is 2.45. The molecule has 1 aromatic carbocycles. The third-order valence-corrected chi connectivity index (χ3v) is 4.70. The molecule has 1 unspecified atom stereocenters. The molecule has 1 atom stereocenters. The van der Waals surface area contributed by atoms with Gasteiger partial charge in [-0.05, 0) is 32.4 Å². The first kappa shape index (κ1) is 16.0. The molecule has 124 valence electrons. The van der Waals surface area contributed by atoms with Crippen molar-refractivity contribution in [1.29, 1.82) is 0 Å². The minimum absolute atomic E-state index is 0.0173. The van der Waals surface area contributed by atoms with Crippen LogP contribution < -0.4 is 0 Å². The minimum Gasteiger partial charge on any atom is -0.372 e. The second-order valence-electron chi connectivity index (χ2n) is 6.68. The summed E-state index contributed by atoms with van der Waals surface area (Å²) in [5, 5.41) is 0. The number of rotatable bonds is 4. The van der Waals surface area contributed by atoms with E-state index in [2.05, 4.69) is 0 Å². The molecule has 5 heteroatoms. The highest BCUT2D eigenvalue weighted by atomic mass is 16.5. The van der Waals surface area contributed by atoms with Gasteiger partial charge in [-0.2, -0.15) is 0 Å². The molecule has 0 saturated carbocycles. The average Bonchev–Trinajstić information content (AvgIpc) is 3.02. The van der Waals surface area contributed by atoms with Crippen molar-refractivity contribution in [3.8, 4) is 0 Å². The molecule has 0 N–H and O–H groups in total. The second kappa shape index (κ2) is 6.32. The molecule has 2 fully saturated rings. The topological polar surface area (TPSA) is 49.9 Å². The molecular weight excluding hydrogens is 292 g/mol. The van der Waals surface area contributed by atoms with Crippen molar-refractivity contribution in [2.45, 2.75) is 25.9 Å². The number of carbonyl (C=O) groups is 2. The third kappa shape index (κ3) is 3.24. The third-order valence-electron chi connectivity index (χ3n) is 4.70. The van der Waals surface area contributed by atoms with Gasteiger partial charge in [0, 0.05) is 25.3 Å². The van der Waals surface area contributed by atoms with Crippen LogP contribution in [0.3, 0.4) is 0 Å². The lowest BCUT2D eigenvalue weighted by Gasteiger charge is -2.48. The van der Waals surface area contributed by atoms with Gasteiger partial charge in [0.05, 0.1) is 19.0 Å². The first-order valence-electron chi connectivity index (χ1n) is 8.29. The van der Waals surface area contributed by atoms with E-state index in [9.17, 15) is 9.59 Å². The van der Waals surface area contributed by atoms with Gasteiger partial charge in [-0.1, -0.05) is 18.2 Å². The summed E-state index contributed by atoms with van der Waals surface area (Å²) < 4.78 is 5.67. The highest BCUT2D eigenvalue weighted by molar-refractivity contribution is 5.95. The fourth-order valence-corrected chi connectivity index (χ4v) is 3.52. The van der Waals surface area contributed by atoms with Crippen molar-refractivity contribution in [1.82, 2.24) is 9.80 Å². The number of carbonyl (C=O) groups excluding carboxylic acids is 2.